The van der Waals surface area contributed by atoms with Gasteiger partial charge in [0, 0.05) is 22.9 Å². The van der Waals surface area contributed by atoms with E-state index in [1.54, 1.807) is 0 Å². The number of rotatable bonds is 5. The number of carbonyl (C=O) groups is 1. The van der Waals surface area contributed by atoms with Gasteiger partial charge in [-0.15, -0.1) is 0 Å². The average Bonchev–Trinajstić information content (AvgIpc) is 3.54. The van der Waals surface area contributed by atoms with Gasteiger partial charge in [-0.3, -0.25) is 20.2 Å². The summed E-state index contributed by atoms with van der Waals surface area (Å²) in [5.74, 6) is -2.13. The summed E-state index contributed by atoms with van der Waals surface area (Å²) in [6.45, 7) is 0. The van der Waals surface area contributed by atoms with E-state index in [9.17, 15) is 44.2 Å². The lowest BCUT2D eigenvalue weighted by atomic mass is 10.2. The fourth-order valence-electron chi connectivity index (χ4n) is 4.32. The highest BCUT2D eigenvalue weighted by Crippen LogP contribution is 2.33. The Morgan fingerprint density at radius 3 is 1.64 bits per heavy atom. The quantitative estimate of drug-likeness (QED) is 0.141. The number of halogens is 4. The van der Waals surface area contributed by atoms with Gasteiger partial charge in [-0.05, 0) is 92.5 Å². The van der Waals surface area contributed by atoms with Gasteiger partial charge in [-0.1, -0.05) is 0 Å². The second kappa shape index (κ2) is 12.2. The van der Waals surface area contributed by atoms with Crippen molar-refractivity contribution in [2.75, 3.05) is 0 Å². The summed E-state index contributed by atoms with van der Waals surface area (Å²) in [7, 11) is 0. The number of nitriles is 1. The molecule has 0 aliphatic heterocycles. The average molecular weight is 741 g/mol. The number of nitrogens with zero attached hydrogens (tertiary/aromatic N) is 7. The van der Waals surface area contributed by atoms with Crippen LogP contribution in [0.25, 0.3) is 33.2 Å². The van der Waals surface area contributed by atoms with E-state index in [2.05, 4.69) is 42.1 Å². The van der Waals surface area contributed by atoms with E-state index >= 15 is 0 Å². The van der Waals surface area contributed by atoms with Crippen LogP contribution in [0.15, 0.2) is 81.7 Å². The lowest BCUT2D eigenvalue weighted by Crippen LogP contribution is -2.08. The molecule has 6 aromatic rings. The number of aromatic nitrogens is 4. The standard InChI is InChI=1S/C14H6BrFN4O2.C14H7BrFN3O4/c15-11-5-10-12(6-13(11)20(21)22)18-19(14(10)7-17)9-3-1-8(16)2-4-9;15-10-5-9-11(6-12(10)19(22)23)17-18(13(9)14(20)21)8-3-1-7(16)2-4-8/h1-6H;1-6H,(H,20,21). The molecule has 0 fully saturated rings. The molecule has 0 bridgehead atoms. The first-order valence-electron chi connectivity index (χ1n) is 12.3. The Labute approximate surface area is 266 Å². The minimum atomic E-state index is -1.25. The lowest BCUT2D eigenvalue weighted by Gasteiger charge is -2.04. The van der Waals surface area contributed by atoms with E-state index in [0.717, 1.165) is 4.68 Å². The van der Waals surface area contributed by atoms with Crippen LogP contribution in [0.4, 0.5) is 20.2 Å². The third-order valence-electron chi connectivity index (χ3n) is 6.32. The van der Waals surface area contributed by atoms with Crippen LogP contribution in [0.3, 0.4) is 0 Å². The van der Waals surface area contributed by atoms with Crippen LogP contribution in [0.1, 0.15) is 16.2 Å². The summed E-state index contributed by atoms with van der Waals surface area (Å²) >= 11 is 6.17. The van der Waals surface area contributed by atoms with Crippen LogP contribution in [0.2, 0.25) is 0 Å². The fourth-order valence-corrected chi connectivity index (χ4v) is 5.30. The predicted molar refractivity (Wildman–Crippen MR) is 162 cm³/mol. The van der Waals surface area contributed by atoms with Gasteiger partial charge in [-0.2, -0.15) is 15.5 Å². The molecule has 0 radical (unpaired) electrons. The molecule has 0 saturated carbocycles. The van der Waals surface area contributed by atoms with Gasteiger partial charge in [0.15, 0.2) is 11.4 Å². The summed E-state index contributed by atoms with van der Waals surface area (Å²) in [5.41, 5.74) is 0.988. The molecule has 0 aliphatic carbocycles. The second-order valence-electron chi connectivity index (χ2n) is 9.05. The van der Waals surface area contributed by atoms with Crippen molar-refractivity contribution in [2.45, 2.75) is 0 Å². The van der Waals surface area contributed by atoms with Crippen molar-refractivity contribution in [3.05, 3.63) is 125 Å². The predicted octanol–water partition coefficient (Wildman–Crippen LogP) is 7.24. The number of benzene rings is 4. The molecule has 0 amide bonds. The molecule has 0 saturated heterocycles. The summed E-state index contributed by atoms with van der Waals surface area (Å²) in [4.78, 5) is 32.4. The highest BCUT2D eigenvalue weighted by Gasteiger charge is 2.23. The highest BCUT2D eigenvalue weighted by molar-refractivity contribution is 9.11. The van der Waals surface area contributed by atoms with Gasteiger partial charge in [0.1, 0.15) is 28.7 Å². The van der Waals surface area contributed by atoms with E-state index in [1.807, 2.05) is 6.07 Å². The Morgan fingerprint density at radius 1 is 0.778 bits per heavy atom. The number of fused-ring (bicyclic) bond motifs is 2. The Kier molecular flexibility index (Phi) is 8.35. The molecule has 2 heterocycles. The van der Waals surface area contributed by atoms with Crippen LogP contribution in [0, 0.1) is 43.2 Å². The molecule has 0 spiro atoms. The number of nitro groups is 2. The topological polar surface area (TPSA) is 183 Å². The summed E-state index contributed by atoms with van der Waals surface area (Å²) in [6, 6.07) is 17.9. The Hall–Kier alpha value is -5.60. The maximum Gasteiger partial charge on any atom is 0.355 e. The Bertz CT molecular complexity index is 2210. The van der Waals surface area contributed by atoms with Crippen molar-refractivity contribution < 1.29 is 28.5 Å². The van der Waals surface area contributed by atoms with Gasteiger partial charge in [0.25, 0.3) is 11.4 Å². The van der Waals surface area contributed by atoms with E-state index in [-0.39, 0.29) is 42.6 Å². The smallest absolute Gasteiger partial charge is 0.355 e. The number of carboxylic acids is 1. The summed E-state index contributed by atoms with van der Waals surface area (Å²) in [6.07, 6.45) is 0. The van der Waals surface area contributed by atoms with Gasteiger partial charge in [0.2, 0.25) is 0 Å². The first-order valence-corrected chi connectivity index (χ1v) is 13.9. The first-order chi connectivity index (χ1) is 21.4. The molecule has 2 aromatic heterocycles. The van der Waals surface area contributed by atoms with Gasteiger partial charge in [0.05, 0.1) is 30.2 Å². The first kappa shape index (κ1) is 30.8. The molecule has 17 heteroatoms. The molecule has 45 heavy (non-hydrogen) atoms. The number of nitro benzene ring substituents is 2. The summed E-state index contributed by atoms with van der Waals surface area (Å²) < 4.78 is 28.9. The van der Waals surface area contributed by atoms with E-state index in [1.165, 1.54) is 77.5 Å². The van der Waals surface area contributed by atoms with Crippen molar-refractivity contribution >= 4 is 71.0 Å². The molecular formula is C28H13Br2F2N7O6. The lowest BCUT2D eigenvalue weighted by molar-refractivity contribution is -0.385. The van der Waals surface area contributed by atoms with E-state index < -0.39 is 27.5 Å². The van der Waals surface area contributed by atoms with Crippen LogP contribution in [0.5, 0.6) is 0 Å². The third kappa shape index (κ3) is 5.96. The zero-order valence-corrected chi connectivity index (χ0v) is 25.2. The zero-order chi connectivity index (χ0) is 32.6. The van der Waals surface area contributed by atoms with Gasteiger partial charge in [-0.25, -0.2) is 22.9 Å². The van der Waals surface area contributed by atoms with Crippen molar-refractivity contribution in [3.8, 4) is 17.4 Å². The van der Waals surface area contributed by atoms with E-state index in [0.29, 0.717) is 22.3 Å². The Morgan fingerprint density at radius 2 is 1.20 bits per heavy atom. The minimum absolute atomic E-state index is 0.138. The molecule has 13 nitrogen and oxygen atoms in total. The SMILES string of the molecule is N#Cc1c2cc(Br)c([N+](=O)[O-])cc2nn1-c1ccc(F)cc1.O=C(O)c1c2cc(Br)c([N+](=O)[O-])cc2nn1-c1ccc(F)cc1. The van der Waals surface area contributed by atoms with Gasteiger partial charge >= 0.3 is 5.97 Å². The van der Waals surface area contributed by atoms with Crippen LogP contribution in [-0.4, -0.2) is 40.5 Å². The molecule has 224 valence electrons. The fraction of sp³-hybridized carbons (Fsp3) is 0. The number of hydrogen-bond acceptors (Lipinski definition) is 8. The second-order valence-corrected chi connectivity index (χ2v) is 10.8. The molecule has 4 aromatic carbocycles. The maximum atomic E-state index is 13.0. The van der Waals surface area contributed by atoms with Crippen LogP contribution in [-0.2, 0) is 0 Å². The number of carboxylic acid groups (broad SMARTS) is 1. The third-order valence-corrected chi connectivity index (χ3v) is 7.59. The van der Waals surface area contributed by atoms with Crippen LogP contribution < -0.4 is 0 Å². The Balaban J connectivity index is 0.000000178. The highest BCUT2D eigenvalue weighted by atomic mass is 79.9. The van der Waals surface area contributed by atoms with Gasteiger partial charge < -0.3 is 5.11 Å². The van der Waals surface area contributed by atoms with Crippen LogP contribution >= 0.6 is 31.9 Å². The summed E-state index contributed by atoms with van der Waals surface area (Å²) in [5, 5.41) is 49.8. The van der Waals surface area contributed by atoms with Crippen molar-refractivity contribution in [3.63, 3.8) is 0 Å². The molecule has 6 rings (SSSR count). The zero-order valence-electron chi connectivity index (χ0n) is 22.1. The molecule has 0 aliphatic rings. The van der Waals surface area contributed by atoms with Crippen molar-refractivity contribution in [1.29, 1.82) is 5.26 Å². The minimum Gasteiger partial charge on any atom is -0.476 e. The number of hydrogen-bond donors (Lipinski definition) is 1. The molecule has 0 unspecified atom stereocenters. The van der Waals surface area contributed by atoms with Crippen molar-refractivity contribution in [1.82, 2.24) is 19.6 Å². The largest absolute Gasteiger partial charge is 0.476 e. The normalized spacial score (nSPS) is 10.7. The monoisotopic (exact) mass is 739 g/mol. The number of aromatic carboxylic acids is 1. The molecule has 1 N–H and O–H groups in total. The molecule has 0 atom stereocenters. The molecular weight excluding hydrogens is 728 g/mol. The van der Waals surface area contributed by atoms with Crippen molar-refractivity contribution in [2.24, 2.45) is 0 Å². The van der Waals surface area contributed by atoms with E-state index in [4.69, 9.17) is 0 Å². The maximum absolute atomic E-state index is 13.0.